The van der Waals surface area contributed by atoms with Crippen LogP contribution >= 0.6 is 0 Å². The van der Waals surface area contributed by atoms with E-state index in [1.54, 1.807) is 19.3 Å². The van der Waals surface area contributed by atoms with Crippen LogP contribution in [0.15, 0.2) is 23.1 Å². The summed E-state index contributed by atoms with van der Waals surface area (Å²) in [6, 6.07) is 3.01. The molecule has 0 spiro atoms. The van der Waals surface area contributed by atoms with Gasteiger partial charge in [-0.05, 0) is 26.3 Å². The van der Waals surface area contributed by atoms with Crippen LogP contribution in [0.3, 0.4) is 0 Å². The highest BCUT2D eigenvalue weighted by molar-refractivity contribution is 5.90. The van der Waals surface area contributed by atoms with Gasteiger partial charge in [0.25, 0.3) is 0 Å². The average Bonchev–Trinajstić information content (AvgIpc) is 2.20. The second-order valence-corrected chi connectivity index (χ2v) is 4.90. The molecular formula is C12H19N3O2. The van der Waals surface area contributed by atoms with E-state index in [4.69, 9.17) is 5.73 Å². The minimum atomic E-state index is -0.346. The van der Waals surface area contributed by atoms with E-state index in [0.29, 0.717) is 18.5 Å². The molecule has 0 aliphatic rings. The van der Waals surface area contributed by atoms with Gasteiger partial charge < -0.3 is 15.6 Å². The second-order valence-electron chi connectivity index (χ2n) is 4.90. The first kappa shape index (κ1) is 13.4. The fourth-order valence-electron chi connectivity index (χ4n) is 1.33. The highest BCUT2D eigenvalue weighted by atomic mass is 16.1. The van der Waals surface area contributed by atoms with Gasteiger partial charge >= 0.3 is 0 Å². The van der Waals surface area contributed by atoms with Gasteiger partial charge in [-0.3, -0.25) is 9.59 Å². The first-order valence-electron chi connectivity index (χ1n) is 5.53. The predicted octanol–water partition coefficient (Wildman–Crippen LogP) is 0.841. The van der Waals surface area contributed by atoms with E-state index in [0.717, 1.165) is 0 Å². The standard InChI is InChI=1S/C12H19N3O2/c1-12(2,13)7-6-10(16)14-9-4-5-11(17)15(3)8-9/h4-5,8H,6-7,13H2,1-3H3,(H,14,16). The largest absolute Gasteiger partial charge is 0.326 e. The maximum Gasteiger partial charge on any atom is 0.250 e. The first-order valence-corrected chi connectivity index (χ1v) is 5.53. The number of nitrogens with zero attached hydrogens (tertiary/aromatic N) is 1. The summed E-state index contributed by atoms with van der Waals surface area (Å²) in [6.07, 6.45) is 2.57. The van der Waals surface area contributed by atoms with Gasteiger partial charge in [0.2, 0.25) is 11.5 Å². The molecule has 1 rings (SSSR count). The highest BCUT2D eigenvalue weighted by Crippen LogP contribution is 2.09. The van der Waals surface area contributed by atoms with E-state index >= 15 is 0 Å². The average molecular weight is 237 g/mol. The normalized spacial score (nSPS) is 11.3. The fourth-order valence-corrected chi connectivity index (χ4v) is 1.33. The van der Waals surface area contributed by atoms with Crippen molar-refractivity contribution in [1.29, 1.82) is 0 Å². The lowest BCUT2D eigenvalue weighted by Gasteiger charge is -2.17. The van der Waals surface area contributed by atoms with Crippen molar-refractivity contribution in [2.75, 3.05) is 5.32 Å². The fraction of sp³-hybridized carbons (Fsp3) is 0.500. The van der Waals surface area contributed by atoms with Crippen molar-refractivity contribution in [2.45, 2.75) is 32.2 Å². The molecule has 0 aliphatic carbocycles. The smallest absolute Gasteiger partial charge is 0.250 e. The van der Waals surface area contributed by atoms with Crippen molar-refractivity contribution in [1.82, 2.24) is 4.57 Å². The molecule has 0 radical (unpaired) electrons. The summed E-state index contributed by atoms with van der Waals surface area (Å²) in [5.74, 6) is -0.0952. The molecule has 0 saturated heterocycles. The van der Waals surface area contributed by atoms with Crippen molar-refractivity contribution < 1.29 is 4.79 Å². The zero-order chi connectivity index (χ0) is 13.1. The Hall–Kier alpha value is -1.62. The van der Waals surface area contributed by atoms with E-state index in [9.17, 15) is 9.59 Å². The van der Waals surface area contributed by atoms with Crippen molar-refractivity contribution in [3.63, 3.8) is 0 Å². The Morgan fingerprint density at radius 1 is 1.47 bits per heavy atom. The zero-order valence-electron chi connectivity index (χ0n) is 10.5. The van der Waals surface area contributed by atoms with Crippen LogP contribution in [0, 0.1) is 0 Å². The summed E-state index contributed by atoms with van der Waals surface area (Å²) in [5, 5.41) is 2.73. The van der Waals surface area contributed by atoms with Crippen LogP contribution < -0.4 is 16.6 Å². The molecule has 5 nitrogen and oxygen atoms in total. The number of rotatable bonds is 4. The van der Waals surface area contributed by atoms with Crippen LogP contribution in [0.1, 0.15) is 26.7 Å². The molecule has 0 aromatic carbocycles. The highest BCUT2D eigenvalue weighted by Gasteiger charge is 2.13. The topological polar surface area (TPSA) is 77.1 Å². The summed E-state index contributed by atoms with van der Waals surface area (Å²) in [5.41, 5.74) is 5.96. The number of carbonyl (C=O) groups is 1. The molecule has 17 heavy (non-hydrogen) atoms. The Bertz CT molecular complexity index is 458. The van der Waals surface area contributed by atoms with Gasteiger partial charge in [-0.15, -0.1) is 0 Å². The van der Waals surface area contributed by atoms with Gasteiger partial charge in [0.05, 0.1) is 5.69 Å². The van der Waals surface area contributed by atoms with Crippen LogP contribution in [0.5, 0.6) is 0 Å². The predicted molar refractivity (Wildman–Crippen MR) is 67.8 cm³/mol. The molecule has 0 fully saturated rings. The Kier molecular flexibility index (Phi) is 4.07. The Morgan fingerprint density at radius 3 is 2.65 bits per heavy atom. The number of hydrogen-bond acceptors (Lipinski definition) is 3. The molecule has 5 heteroatoms. The van der Waals surface area contributed by atoms with Gasteiger partial charge in [-0.1, -0.05) is 0 Å². The third-order valence-corrected chi connectivity index (χ3v) is 2.37. The van der Waals surface area contributed by atoms with E-state index < -0.39 is 0 Å². The molecular weight excluding hydrogens is 218 g/mol. The summed E-state index contributed by atoms with van der Waals surface area (Å²) in [6.45, 7) is 3.76. The summed E-state index contributed by atoms with van der Waals surface area (Å²) in [7, 11) is 1.64. The van der Waals surface area contributed by atoms with Crippen molar-refractivity contribution in [3.8, 4) is 0 Å². The Balaban J connectivity index is 2.57. The first-order chi connectivity index (χ1) is 7.78. The monoisotopic (exact) mass is 237 g/mol. The Morgan fingerprint density at radius 2 is 2.12 bits per heavy atom. The number of carbonyl (C=O) groups excluding carboxylic acids is 1. The number of hydrogen-bond donors (Lipinski definition) is 2. The Labute approximate surface area is 101 Å². The van der Waals surface area contributed by atoms with Crippen LogP contribution in [-0.4, -0.2) is 16.0 Å². The van der Waals surface area contributed by atoms with Crippen LogP contribution in [-0.2, 0) is 11.8 Å². The molecule has 1 aromatic rings. The number of amides is 1. The van der Waals surface area contributed by atoms with E-state index in [2.05, 4.69) is 5.32 Å². The van der Waals surface area contributed by atoms with E-state index in [-0.39, 0.29) is 17.0 Å². The lowest BCUT2D eigenvalue weighted by Crippen LogP contribution is -2.33. The van der Waals surface area contributed by atoms with Gasteiger partial charge in [0.1, 0.15) is 0 Å². The van der Waals surface area contributed by atoms with E-state index in [1.165, 1.54) is 10.6 Å². The number of pyridine rings is 1. The van der Waals surface area contributed by atoms with Crippen molar-refractivity contribution in [2.24, 2.45) is 12.8 Å². The lowest BCUT2D eigenvalue weighted by molar-refractivity contribution is -0.116. The van der Waals surface area contributed by atoms with Crippen molar-refractivity contribution >= 4 is 11.6 Å². The zero-order valence-corrected chi connectivity index (χ0v) is 10.5. The van der Waals surface area contributed by atoms with Gasteiger partial charge in [-0.2, -0.15) is 0 Å². The molecule has 0 atom stereocenters. The number of aromatic nitrogens is 1. The summed E-state index contributed by atoms with van der Waals surface area (Å²) >= 11 is 0. The molecule has 0 saturated carbocycles. The number of nitrogens with two attached hydrogens (primary N) is 1. The number of aryl methyl sites for hydroxylation is 1. The van der Waals surface area contributed by atoms with Crippen LogP contribution in [0.4, 0.5) is 5.69 Å². The number of anilines is 1. The van der Waals surface area contributed by atoms with Gasteiger partial charge in [-0.25, -0.2) is 0 Å². The molecule has 1 heterocycles. The molecule has 0 bridgehead atoms. The third-order valence-electron chi connectivity index (χ3n) is 2.37. The minimum Gasteiger partial charge on any atom is -0.326 e. The molecule has 3 N–H and O–H groups in total. The molecule has 0 aliphatic heterocycles. The third kappa shape index (κ3) is 4.82. The quantitative estimate of drug-likeness (QED) is 0.814. The van der Waals surface area contributed by atoms with Gasteiger partial charge in [0, 0.05) is 31.3 Å². The summed E-state index contributed by atoms with van der Waals surface area (Å²) < 4.78 is 1.42. The summed E-state index contributed by atoms with van der Waals surface area (Å²) in [4.78, 5) is 22.7. The maximum absolute atomic E-state index is 11.6. The molecule has 0 unspecified atom stereocenters. The van der Waals surface area contributed by atoms with Crippen molar-refractivity contribution in [3.05, 3.63) is 28.7 Å². The minimum absolute atomic E-state index is 0.0952. The van der Waals surface area contributed by atoms with E-state index in [1.807, 2.05) is 13.8 Å². The number of nitrogens with one attached hydrogen (secondary N) is 1. The lowest BCUT2D eigenvalue weighted by atomic mass is 10.00. The second kappa shape index (κ2) is 5.14. The molecule has 94 valence electrons. The van der Waals surface area contributed by atoms with Crippen LogP contribution in [0.2, 0.25) is 0 Å². The maximum atomic E-state index is 11.6. The SMILES string of the molecule is Cn1cc(NC(=O)CCC(C)(C)N)ccc1=O. The van der Waals surface area contributed by atoms with Crippen LogP contribution in [0.25, 0.3) is 0 Å². The molecule has 1 amide bonds. The van der Waals surface area contributed by atoms with Gasteiger partial charge in [0.15, 0.2) is 0 Å². The molecule has 1 aromatic heterocycles.